The molecule has 0 saturated heterocycles. The molecule has 11 aromatic rings. The van der Waals surface area contributed by atoms with Crippen molar-refractivity contribution in [3.63, 3.8) is 0 Å². The Labute approximate surface area is 329 Å². The van der Waals surface area contributed by atoms with Crippen LogP contribution in [0.15, 0.2) is 215 Å². The molecule has 4 nitrogen and oxygen atoms in total. The molecule has 0 aliphatic heterocycles. The molecule has 0 unspecified atom stereocenters. The molecule has 11 rings (SSSR count). The normalized spacial score (nSPS) is 11.5. The first-order valence-corrected chi connectivity index (χ1v) is 19.2. The van der Waals surface area contributed by atoms with Gasteiger partial charge in [0, 0.05) is 38.8 Å². The predicted octanol–water partition coefficient (Wildman–Crippen LogP) is 15.0. The van der Waals surface area contributed by atoms with E-state index >= 15 is 0 Å². The number of hydrogen-bond acceptors (Lipinski definition) is 4. The Morgan fingerprint density at radius 1 is 0.351 bits per heavy atom. The largest absolute Gasteiger partial charge is 0.455 e. The third kappa shape index (κ3) is 5.74. The van der Waals surface area contributed by atoms with Gasteiger partial charge in [0.2, 0.25) is 5.89 Å². The smallest absolute Gasteiger partial charge is 0.227 e. The zero-order valence-corrected chi connectivity index (χ0v) is 30.8. The van der Waals surface area contributed by atoms with Crippen LogP contribution in [0.25, 0.3) is 88.6 Å². The lowest BCUT2D eigenvalue weighted by molar-refractivity contribution is 0.620. The molecule has 0 atom stereocenters. The lowest BCUT2D eigenvalue weighted by Crippen LogP contribution is -2.09. The summed E-state index contributed by atoms with van der Waals surface area (Å²) >= 11 is 0. The number of aromatic nitrogens is 1. The zero-order chi connectivity index (χ0) is 37.7. The Bertz CT molecular complexity index is 3170. The highest BCUT2D eigenvalue weighted by Crippen LogP contribution is 2.44. The molecule has 57 heavy (non-hydrogen) atoms. The summed E-state index contributed by atoms with van der Waals surface area (Å²) in [6.07, 6.45) is 0. The van der Waals surface area contributed by atoms with Gasteiger partial charge >= 0.3 is 0 Å². The summed E-state index contributed by atoms with van der Waals surface area (Å²) in [4.78, 5) is 7.03. The van der Waals surface area contributed by atoms with Gasteiger partial charge in [0.1, 0.15) is 16.7 Å². The predicted molar refractivity (Wildman–Crippen MR) is 235 cm³/mol. The lowest BCUT2D eigenvalue weighted by Gasteiger charge is -2.26. The van der Waals surface area contributed by atoms with E-state index in [4.69, 9.17) is 13.8 Å². The van der Waals surface area contributed by atoms with Crippen LogP contribution in [0.1, 0.15) is 0 Å². The molecule has 268 valence electrons. The van der Waals surface area contributed by atoms with Crippen molar-refractivity contribution in [1.29, 1.82) is 0 Å². The third-order valence-electron chi connectivity index (χ3n) is 10.9. The quantitative estimate of drug-likeness (QED) is 0.164. The first-order valence-electron chi connectivity index (χ1n) is 19.2. The van der Waals surface area contributed by atoms with E-state index in [0.717, 1.165) is 88.7 Å². The maximum atomic E-state index is 6.71. The number of furan rings is 1. The lowest BCUT2D eigenvalue weighted by atomic mass is 9.93. The van der Waals surface area contributed by atoms with Crippen LogP contribution in [0.4, 0.5) is 17.1 Å². The Morgan fingerprint density at radius 2 is 0.895 bits per heavy atom. The molecule has 0 aliphatic rings. The summed E-state index contributed by atoms with van der Waals surface area (Å²) in [6.45, 7) is 0. The molecule has 0 bridgehead atoms. The molecular formula is C53H34N2O2. The van der Waals surface area contributed by atoms with Crippen molar-refractivity contribution in [3.05, 3.63) is 206 Å². The zero-order valence-electron chi connectivity index (χ0n) is 30.8. The molecule has 2 heterocycles. The fraction of sp³-hybridized carbons (Fsp3) is 0. The van der Waals surface area contributed by atoms with Crippen LogP contribution >= 0.6 is 0 Å². The number of benzene rings is 9. The minimum atomic E-state index is 0.618. The van der Waals surface area contributed by atoms with E-state index in [0.29, 0.717) is 5.89 Å². The number of hydrogen-bond donors (Lipinski definition) is 0. The van der Waals surface area contributed by atoms with Crippen LogP contribution in [0.3, 0.4) is 0 Å². The van der Waals surface area contributed by atoms with E-state index in [2.05, 4.69) is 187 Å². The van der Waals surface area contributed by atoms with Crippen molar-refractivity contribution in [2.45, 2.75) is 0 Å². The summed E-state index contributed by atoms with van der Waals surface area (Å²) in [7, 11) is 0. The molecule has 4 heteroatoms. The summed E-state index contributed by atoms with van der Waals surface area (Å²) in [5.41, 5.74) is 14.5. The van der Waals surface area contributed by atoms with Crippen molar-refractivity contribution < 1.29 is 8.83 Å². The second kappa shape index (κ2) is 13.6. The van der Waals surface area contributed by atoms with Crippen LogP contribution in [0.5, 0.6) is 0 Å². The monoisotopic (exact) mass is 730 g/mol. The van der Waals surface area contributed by atoms with E-state index in [-0.39, 0.29) is 0 Å². The number of rotatable bonds is 7. The number of anilines is 3. The standard InChI is InChI=1S/C53H34N2O2/c1-3-12-35(13-4-1)36-26-30-41(31-27-36)55(40-14-5-2-6-15-40)42-32-28-37(29-33-42)43-18-11-21-50-51(43)47-34-46(44-16-7-8-17-45(44)52(47)56-50)38-22-24-39(25-23-38)53-54-48-19-9-10-20-49(48)57-53/h1-34H. The molecular weight excluding hydrogens is 697 g/mol. The fourth-order valence-corrected chi connectivity index (χ4v) is 8.16. The third-order valence-corrected chi connectivity index (χ3v) is 10.9. The fourth-order valence-electron chi connectivity index (χ4n) is 8.16. The maximum Gasteiger partial charge on any atom is 0.227 e. The Kier molecular flexibility index (Phi) is 7.78. The highest BCUT2D eigenvalue weighted by Gasteiger charge is 2.19. The summed E-state index contributed by atoms with van der Waals surface area (Å²) < 4.78 is 12.8. The van der Waals surface area contributed by atoms with Crippen molar-refractivity contribution >= 4 is 60.9 Å². The van der Waals surface area contributed by atoms with Crippen LogP contribution < -0.4 is 4.90 Å². The van der Waals surface area contributed by atoms with Gasteiger partial charge in [-0.1, -0.05) is 133 Å². The van der Waals surface area contributed by atoms with E-state index < -0.39 is 0 Å². The van der Waals surface area contributed by atoms with Crippen molar-refractivity contribution in [3.8, 4) is 44.8 Å². The van der Waals surface area contributed by atoms with Crippen LogP contribution in [-0.2, 0) is 0 Å². The van der Waals surface area contributed by atoms with Gasteiger partial charge in [0.05, 0.1) is 0 Å². The summed E-state index contributed by atoms with van der Waals surface area (Å²) in [5, 5.41) is 4.42. The van der Waals surface area contributed by atoms with Gasteiger partial charge in [-0.05, 0) is 112 Å². The minimum absolute atomic E-state index is 0.618. The molecule has 0 N–H and O–H groups in total. The average molecular weight is 731 g/mol. The Hall–Kier alpha value is -7.69. The van der Waals surface area contributed by atoms with Gasteiger partial charge in [-0.15, -0.1) is 0 Å². The van der Waals surface area contributed by atoms with Gasteiger partial charge in [-0.25, -0.2) is 4.98 Å². The highest BCUT2D eigenvalue weighted by molar-refractivity contribution is 6.22. The van der Waals surface area contributed by atoms with Crippen molar-refractivity contribution in [1.82, 2.24) is 4.98 Å². The second-order valence-corrected chi connectivity index (χ2v) is 14.3. The van der Waals surface area contributed by atoms with Gasteiger partial charge in [-0.2, -0.15) is 0 Å². The molecule has 0 spiro atoms. The second-order valence-electron chi connectivity index (χ2n) is 14.3. The summed E-state index contributed by atoms with van der Waals surface area (Å²) in [6, 6.07) is 72.3. The van der Waals surface area contributed by atoms with E-state index in [1.54, 1.807) is 0 Å². The SMILES string of the molecule is c1ccc(-c2ccc(N(c3ccccc3)c3ccc(-c4cccc5oc6c7ccccc7c(-c7ccc(-c8nc9ccccc9o8)cc7)cc6c45)cc3)cc2)cc1. The van der Waals surface area contributed by atoms with Gasteiger partial charge in [-0.3, -0.25) is 0 Å². The van der Waals surface area contributed by atoms with Gasteiger partial charge in [0.15, 0.2) is 5.58 Å². The van der Waals surface area contributed by atoms with Crippen LogP contribution in [-0.4, -0.2) is 4.98 Å². The van der Waals surface area contributed by atoms with E-state index in [1.807, 2.05) is 24.3 Å². The maximum absolute atomic E-state index is 6.71. The Morgan fingerprint density at radius 3 is 1.63 bits per heavy atom. The van der Waals surface area contributed by atoms with E-state index in [9.17, 15) is 0 Å². The Balaban J connectivity index is 0.999. The first-order chi connectivity index (χ1) is 28.2. The van der Waals surface area contributed by atoms with Gasteiger partial charge in [0.25, 0.3) is 0 Å². The summed E-state index contributed by atoms with van der Waals surface area (Å²) in [5.74, 6) is 0.618. The first kappa shape index (κ1) is 32.7. The van der Waals surface area contributed by atoms with Crippen molar-refractivity contribution in [2.24, 2.45) is 0 Å². The molecule has 0 saturated carbocycles. The molecule has 0 aliphatic carbocycles. The minimum Gasteiger partial charge on any atom is -0.455 e. The molecule has 2 aromatic heterocycles. The number of para-hydroxylation sites is 3. The molecule has 0 radical (unpaired) electrons. The molecule has 0 fully saturated rings. The van der Waals surface area contributed by atoms with Crippen LogP contribution in [0, 0.1) is 0 Å². The molecule has 9 aromatic carbocycles. The number of fused-ring (bicyclic) bond motifs is 6. The van der Waals surface area contributed by atoms with Crippen LogP contribution in [0.2, 0.25) is 0 Å². The average Bonchev–Trinajstić information content (AvgIpc) is 3.90. The molecule has 0 amide bonds. The topological polar surface area (TPSA) is 42.4 Å². The number of oxazole rings is 1. The van der Waals surface area contributed by atoms with Gasteiger partial charge < -0.3 is 13.7 Å². The van der Waals surface area contributed by atoms with Crippen molar-refractivity contribution in [2.75, 3.05) is 4.90 Å². The van der Waals surface area contributed by atoms with E-state index in [1.165, 1.54) is 11.1 Å². The number of nitrogens with zero attached hydrogens (tertiary/aromatic N) is 2. The highest BCUT2D eigenvalue weighted by atomic mass is 16.3.